The number of halogens is 1. The number of nitrogens with one attached hydrogen (secondary N) is 1. The summed E-state index contributed by atoms with van der Waals surface area (Å²) in [5.41, 5.74) is 2.00. The summed E-state index contributed by atoms with van der Waals surface area (Å²) in [5.74, 6) is 0.848. The number of carbonyl (C=O) groups excluding carboxylic acids is 1. The molecule has 2 aromatic rings. The number of ether oxygens (including phenoxy) is 1. The van der Waals surface area contributed by atoms with Crippen molar-refractivity contribution in [2.75, 3.05) is 11.9 Å². The molecule has 0 bridgehead atoms. The van der Waals surface area contributed by atoms with Crippen LogP contribution in [0.4, 0.5) is 5.69 Å². The van der Waals surface area contributed by atoms with Gasteiger partial charge >= 0.3 is 0 Å². The number of hydrogen-bond donors (Lipinski definition) is 1. The highest BCUT2D eigenvalue weighted by Gasteiger charge is 2.05. The largest absolute Gasteiger partial charge is 0.484 e. The number of carbonyl (C=O) groups is 1. The summed E-state index contributed by atoms with van der Waals surface area (Å²) in [4.78, 5) is 11.8. The predicted octanol–water partition coefficient (Wildman–Crippen LogP) is 4.48. The Morgan fingerprint density at radius 2 is 1.90 bits per heavy atom. The Morgan fingerprint density at radius 3 is 2.52 bits per heavy atom. The van der Waals surface area contributed by atoms with Crippen molar-refractivity contribution in [3.8, 4) is 5.75 Å². The number of hydrogen-bond acceptors (Lipinski definition) is 2. The number of benzene rings is 2. The molecule has 21 heavy (non-hydrogen) atoms. The Balaban J connectivity index is 1.87. The van der Waals surface area contributed by atoms with Crippen molar-refractivity contribution >= 4 is 23.2 Å². The van der Waals surface area contributed by atoms with Crippen molar-refractivity contribution in [3.05, 3.63) is 59.1 Å². The molecule has 2 aromatic carbocycles. The normalized spacial score (nSPS) is 10.5. The summed E-state index contributed by atoms with van der Waals surface area (Å²) < 4.78 is 5.39. The maximum absolute atomic E-state index is 11.8. The van der Waals surface area contributed by atoms with Crippen molar-refractivity contribution in [1.29, 1.82) is 0 Å². The third-order valence-electron chi connectivity index (χ3n) is 3.03. The summed E-state index contributed by atoms with van der Waals surface area (Å²) in [5, 5.41) is 3.38. The molecule has 0 unspecified atom stereocenters. The molecule has 0 aliphatic heterocycles. The molecule has 0 fully saturated rings. The minimum Gasteiger partial charge on any atom is -0.484 e. The highest BCUT2D eigenvalue weighted by Crippen LogP contribution is 2.18. The lowest BCUT2D eigenvalue weighted by Gasteiger charge is -2.09. The summed E-state index contributed by atoms with van der Waals surface area (Å²) in [6.45, 7) is 4.21. The van der Waals surface area contributed by atoms with Gasteiger partial charge in [0.15, 0.2) is 6.61 Å². The molecule has 0 heterocycles. The average Bonchev–Trinajstić information content (AvgIpc) is 2.46. The molecule has 0 aliphatic carbocycles. The summed E-state index contributed by atoms with van der Waals surface area (Å²) in [6, 6.07) is 14.8. The molecule has 0 aliphatic rings. The van der Waals surface area contributed by atoms with Crippen LogP contribution >= 0.6 is 11.6 Å². The molecule has 1 amide bonds. The van der Waals surface area contributed by atoms with Crippen molar-refractivity contribution < 1.29 is 9.53 Å². The first kappa shape index (κ1) is 15.4. The van der Waals surface area contributed by atoms with Gasteiger partial charge in [0, 0.05) is 10.7 Å². The van der Waals surface area contributed by atoms with Gasteiger partial charge in [0.2, 0.25) is 0 Å². The van der Waals surface area contributed by atoms with Gasteiger partial charge in [-0.05, 0) is 41.8 Å². The highest BCUT2D eigenvalue weighted by molar-refractivity contribution is 6.30. The molecular formula is C17H18ClNO2. The number of amides is 1. The van der Waals surface area contributed by atoms with Crippen LogP contribution in [-0.2, 0) is 4.79 Å². The first-order chi connectivity index (χ1) is 10.0. The lowest BCUT2D eigenvalue weighted by molar-refractivity contribution is -0.118. The van der Waals surface area contributed by atoms with Crippen LogP contribution in [0.25, 0.3) is 0 Å². The zero-order valence-electron chi connectivity index (χ0n) is 12.1. The topological polar surface area (TPSA) is 38.3 Å². The van der Waals surface area contributed by atoms with E-state index in [9.17, 15) is 4.79 Å². The van der Waals surface area contributed by atoms with E-state index in [1.54, 1.807) is 24.3 Å². The van der Waals surface area contributed by atoms with Gasteiger partial charge in [-0.25, -0.2) is 0 Å². The molecule has 0 spiro atoms. The van der Waals surface area contributed by atoms with Crippen molar-refractivity contribution in [1.82, 2.24) is 0 Å². The fourth-order valence-electron chi connectivity index (χ4n) is 1.85. The Labute approximate surface area is 129 Å². The van der Waals surface area contributed by atoms with Gasteiger partial charge in [-0.3, -0.25) is 4.79 Å². The molecule has 2 rings (SSSR count). The summed E-state index contributed by atoms with van der Waals surface area (Å²) >= 11 is 5.85. The van der Waals surface area contributed by atoms with E-state index in [2.05, 4.69) is 19.2 Å². The zero-order valence-corrected chi connectivity index (χ0v) is 12.9. The van der Waals surface area contributed by atoms with Gasteiger partial charge < -0.3 is 10.1 Å². The summed E-state index contributed by atoms with van der Waals surface area (Å²) in [6.07, 6.45) is 0. The Morgan fingerprint density at radius 1 is 1.19 bits per heavy atom. The van der Waals surface area contributed by atoms with Gasteiger partial charge in [0.1, 0.15) is 5.75 Å². The van der Waals surface area contributed by atoms with Crippen molar-refractivity contribution in [3.63, 3.8) is 0 Å². The van der Waals surface area contributed by atoms with Crippen LogP contribution in [0.2, 0.25) is 5.02 Å². The highest BCUT2D eigenvalue weighted by atomic mass is 35.5. The molecule has 0 saturated carbocycles. The average molecular weight is 304 g/mol. The first-order valence-corrected chi connectivity index (χ1v) is 7.20. The van der Waals surface area contributed by atoms with Crippen molar-refractivity contribution in [2.24, 2.45) is 0 Å². The van der Waals surface area contributed by atoms with Crippen molar-refractivity contribution in [2.45, 2.75) is 19.8 Å². The predicted molar refractivity (Wildman–Crippen MR) is 86.1 cm³/mol. The molecule has 4 heteroatoms. The summed E-state index contributed by atoms with van der Waals surface area (Å²) in [7, 11) is 0. The van der Waals surface area contributed by atoms with Crippen LogP contribution < -0.4 is 10.1 Å². The lowest BCUT2D eigenvalue weighted by Crippen LogP contribution is -2.20. The molecule has 0 radical (unpaired) electrons. The van der Waals surface area contributed by atoms with Crippen LogP contribution in [0.3, 0.4) is 0 Å². The second-order valence-electron chi connectivity index (χ2n) is 5.07. The zero-order chi connectivity index (χ0) is 15.2. The quantitative estimate of drug-likeness (QED) is 0.884. The van der Waals surface area contributed by atoms with Gasteiger partial charge in [0.25, 0.3) is 5.91 Å². The molecule has 110 valence electrons. The fourth-order valence-corrected chi connectivity index (χ4v) is 2.03. The second-order valence-corrected chi connectivity index (χ2v) is 5.51. The second kappa shape index (κ2) is 7.14. The maximum atomic E-state index is 11.8. The van der Waals surface area contributed by atoms with E-state index in [4.69, 9.17) is 16.3 Å². The van der Waals surface area contributed by atoms with Gasteiger partial charge in [-0.15, -0.1) is 0 Å². The molecule has 0 aromatic heterocycles. The smallest absolute Gasteiger partial charge is 0.262 e. The third-order valence-corrected chi connectivity index (χ3v) is 3.26. The van der Waals surface area contributed by atoms with E-state index in [0.717, 1.165) is 5.69 Å². The van der Waals surface area contributed by atoms with Gasteiger partial charge in [-0.1, -0.05) is 43.6 Å². The van der Waals surface area contributed by atoms with Crippen LogP contribution in [0.5, 0.6) is 5.75 Å². The van der Waals surface area contributed by atoms with Crippen LogP contribution in [0.15, 0.2) is 48.5 Å². The molecule has 3 nitrogen and oxygen atoms in total. The SMILES string of the molecule is CC(C)c1ccc(NC(=O)COc2cccc(Cl)c2)cc1. The standard InChI is InChI=1S/C17H18ClNO2/c1-12(2)13-6-8-15(9-7-13)19-17(20)11-21-16-5-3-4-14(18)10-16/h3-10,12H,11H2,1-2H3,(H,19,20). The van der Waals surface area contributed by atoms with Gasteiger partial charge in [0.05, 0.1) is 0 Å². The molecule has 0 saturated heterocycles. The lowest BCUT2D eigenvalue weighted by atomic mass is 10.0. The molecule has 0 atom stereocenters. The monoisotopic (exact) mass is 303 g/mol. The minimum atomic E-state index is -0.202. The van der Waals surface area contributed by atoms with E-state index in [1.807, 2.05) is 24.3 Å². The third kappa shape index (κ3) is 4.80. The van der Waals surface area contributed by atoms with Crippen LogP contribution in [0, 0.1) is 0 Å². The van der Waals surface area contributed by atoms with Crippen LogP contribution in [-0.4, -0.2) is 12.5 Å². The van der Waals surface area contributed by atoms with E-state index in [-0.39, 0.29) is 12.5 Å². The van der Waals surface area contributed by atoms with Gasteiger partial charge in [-0.2, -0.15) is 0 Å². The van der Waals surface area contributed by atoms with E-state index in [1.165, 1.54) is 5.56 Å². The van der Waals surface area contributed by atoms with Crippen LogP contribution in [0.1, 0.15) is 25.3 Å². The molecular weight excluding hydrogens is 286 g/mol. The van der Waals surface area contributed by atoms with E-state index >= 15 is 0 Å². The van der Waals surface area contributed by atoms with E-state index < -0.39 is 0 Å². The maximum Gasteiger partial charge on any atom is 0.262 e. The minimum absolute atomic E-state index is 0.0493. The van der Waals surface area contributed by atoms with E-state index in [0.29, 0.717) is 16.7 Å². The number of anilines is 1. The first-order valence-electron chi connectivity index (χ1n) is 6.83. The number of rotatable bonds is 5. The Hall–Kier alpha value is -2.00. The fraction of sp³-hybridized carbons (Fsp3) is 0.235. The Kier molecular flexibility index (Phi) is 5.23. The molecule has 1 N–H and O–H groups in total. The Bertz CT molecular complexity index is 608.